The zero-order valence-corrected chi connectivity index (χ0v) is 16.7. The monoisotopic (exact) mass is 396 g/mol. The van der Waals surface area contributed by atoms with Crippen molar-refractivity contribution in [3.63, 3.8) is 0 Å². The maximum atomic E-state index is 13.0. The van der Waals surface area contributed by atoms with Crippen molar-refractivity contribution in [1.82, 2.24) is 20.4 Å². The van der Waals surface area contributed by atoms with Gasteiger partial charge in [-0.1, -0.05) is 12.1 Å². The van der Waals surface area contributed by atoms with Gasteiger partial charge in [0.15, 0.2) is 0 Å². The topological polar surface area (TPSA) is 81.8 Å². The van der Waals surface area contributed by atoms with Crippen LogP contribution in [-0.4, -0.2) is 59.7 Å². The summed E-state index contributed by atoms with van der Waals surface area (Å²) in [5.74, 6) is -0.703. The minimum absolute atomic E-state index is 0.0919. The summed E-state index contributed by atoms with van der Waals surface area (Å²) in [5.41, 5.74) is 3.26. The third-order valence-electron chi connectivity index (χ3n) is 7.08. The summed E-state index contributed by atoms with van der Waals surface area (Å²) in [6.45, 7) is 5.79. The maximum absolute atomic E-state index is 13.0. The van der Waals surface area contributed by atoms with Gasteiger partial charge in [-0.2, -0.15) is 0 Å². The molecule has 5 rings (SSSR count). The molecule has 1 spiro atoms. The van der Waals surface area contributed by atoms with Crippen LogP contribution in [0.3, 0.4) is 0 Å². The molecule has 3 amide bonds. The summed E-state index contributed by atoms with van der Waals surface area (Å²) >= 11 is 0. The molecular weight excluding hydrogens is 368 g/mol. The molecule has 3 saturated heterocycles. The number of carbonyl (C=O) groups is 3. The number of nitrogens with zero attached hydrogens (tertiary/aromatic N) is 2. The number of piperidine rings is 2. The minimum atomic E-state index is -0.548. The quantitative estimate of drug-likeness (QED) is 0.746. The number of rotatable bonds is 3. The van der Waals surface area contributed by atoms with Gasteiger partial charge >= 0.3 is 0 Å². The van der Waals surface area contributed by atoms with Crippen molar-refractivity contribution in [3.05, 3.63) is 34.9 Å². The smallest absolute Gasteiger partial charge is 0.255 e. The Morgan fingerprint density at radius 2 is 2.07 bits per heavy atom. The van der Waals surface area contributed by atoms with Crippen molar-refractivity contribution in [3.8, 4) is 0 Å². The van der Waals surface area contributed by atoms with Crippen molar-refractivity contribution in [1.29, 1.82) is 0 Å². The Labute approximate surface area is 170 Å². The Morgan fingerprint density at radius 3 is 2.86 bits per heavy atom. The lowest BCUT2D eigenvalue weighted by Crippen LogP contribution is -2.52. The molecule has 2 atom stereocenters. The molecule has 0 aromatic heterocycles. The van der Waals surface area contributed by atoms with Crippen molar-refractivity contribution in [2.24, 2.45) is 5.41 Å². The molecule has 0 saturated carbocycles. The number of imide groups is 1. The summed E-state index contributed by atoms with van der Waals surface area (Å²) in [6.07, 6.45) is 4.50. The molecule has 2 unspecified atom stereocenters. The second-order valence-corrected chi connectivity index (χ2v) is 9.13. The van der Waals surface area contributed by atoms with Crippen LogP contribution in [-0.2, 0) is 22.7 Å². The van der Waals surface area contributed by atoms with Crippen molar-refractivity contribution in [2.75, 3.05) is 26.2 Å². The van der Waals surface area contributed by atoms with E-state index < -0.39 is 6.04 Å². The first kappa shape index (κ1) is 18.8. The number of fused-ring (bicyclic) bond motifs is 1. The number of hydrogen-bond donors (Lipinski definition) is 2. The van der Waals surface area contributed by atoms with Crippen LogP contribution in [0.15, 0.2) is 18.2 Å². The van der Waals surface area contributed by atoms with Crippen LogP contribution >= 0.6 is 0 Å². The molecule has 154 valence electrons. The van der Waals surface area contributed by atoms with Gasteiger partial charge in [0.05, 0.1) is 0 Å². The first-order chi connectivity index (χ1) is 14.0. The van der Waals surface area contributed by atoms with E-state index in [0.29, 0.717) is 23.9 Å². The highest BCUT2D eigenvalue weighted by Crippen LogP contribution is 2.37. The third kappa shape index (κ3) is 3.46. The molecule has 1 aromatic rings. The van der Waals surface area contributed by atoms with Gasteiger partial charge in [0.25, 0.3) is 5.91 Å². The number of benzene rings is 1. The lowest BCUT2D eigenvalue weighted by Gasteiger charge is -2.34. The Morgan fingerprint density at radius 1 is 1.17 bits per heavy atom. The first-order valence-corrected chi connectivity index (χ1v) is 10.7. The lowest BCUT2D eigenvalue weighted by atomic mass is 9.80. The number of nitrogens with one attached hydrogen (secondary N) is 2. The highest BCUT2D eigenvalue weighted by molar-refractivity contribution is 6.05. The number of hydrogen-bond acceptors (Lipinski definition) is 5. The van der Waals surface area contributed by atoms with Gasteiger partial charge in [-0.15, -0.1) is 0 Å². The van der Waals surface area contributed by atoms with Gasteiger partial charge in [-0.05, 0) is 61.4 Å². The van der Waals surface area contributed by atoms with E-state index in [1.807, 2.05) is 12.1 Å². The summed E-state index contributed by atoms with van der Waals surface area (Å²) in [4.78, 5) is 40.7. The molecule has 2 N–H and O–H groups in total. The van der Waals surface area contributed by atoms with E-state index in [1.165, 1.54) is 19.3 Å². The molecule has 0 aliphatic carbocycles. The van der Waals surface area contributed by atoms with E-state index in [9.17, 15) is 14.4 Å². The zero-order valence-electron chi connectivity index (χ0n) is 16.7. The van der Waals surface area contributed by atoms with E-state index in [-0.39, 0.29) is 24.1 Å². The first-order valence-electron chi connectivity index (χ1n) is 10.7. The van der Waals surface area contributed by atoms with E-state index in [0.717, 1.165) is 43.9 Å². The Kier molecular flexibility index (Phi) is 4.67. The Balaban J connectivity index is 1.27. The average Bonchev–Trinajstić information content (AvgIpc) is 3.24. The Hall–Kier alpha value is -2.25. The largest absolute Gasteiger partial charge is 0.322 e. The van der Waals surface area contributed by atoms with Crippen molar-refractivity contribution in [2.45, 2.75) is 51.2 Å². The van der Waals surface area contributed by atoms with Crippen LogP contribution in [0.25, 0.3) is 0 Å². The predicted molar refractivity (Wildman–Crippen MR) is 107 cm³/mol. The molecule has 7 heteroatoms. The summed E-state index contributed by atoms with van der Waals surface area (Å²) in [5, 5.41) is 5.91. The molecule has 3 fully saturated rings. The molecule has 0 bridgehead atoms. The summed E-state index contributed by atoms with van der Waals surface area (Å²) < 4.78 is 0. The van der Waals surface area contributed by atoms with Gasteiger partial charge in [0, 0.05) is 38.2 Å². The normalized spacial score (nSPS) is 30.1. The molecular formula is C22H28N4O3. The fourth-order valence-corrected chi connectivity index (χ4v) is 5.50. The second-order valence-electron chi connectivity index (χ2n) is 9.13. The van der Waals surface area contributed by atoms with E-state index in [1.54, 1.807) is 4.90 Å². The second kappa shape index (κ2) is 7.22. The van der Waals surface area contributed by atoms with E-state index >= 15 is 0 Å². The fourth-order valence-electron chi connectivity index (χ4n) is 5.50. The van der Waals surface area contributed by atoms with Crippen LogP contribution in [0.4, 0.5) is 0 Å². The van der Waals surface area contributed by atoms with Crippen molar-refractivity contribution < 1.29 is 14.4 Å². The molecule has 4 aliphatic rings. The van der Waals surface area contributed by atoms with Gasteiger partial charge < -0.3 is 10.2 Å². The van der Waals surface area contributed by atoms with Gasteiger partial charge in [-0.3, -0.25) is 24.6 Å². The van der Waals surface area contributed by atoms with Crippen LogP contribution in [0, 0.1) is 5.41 Å². The number of carbonyl (C=O) groups excluding carboxylic acids is 3. The van der Waals surface area contributed by atoms with Crippen LogP contribution < -0.4 is 10.6 Å². The molecule has 4 heterocycles. The third-order valence-corrected chi connectivity index (χ3v) is 7.08. The fraction of sp³-hybridized carbons (Fsp3) is 0.591. The zero-order chi connectivity index (χ0) is 20.0. The molecule has 29 heavy (non-hydrogen) atoms. The average molecular weight is 396 g/mol. The maximum Gasteiger partial charge on any atom is 0.255 e. The predicted octanol–water partition coefficient (Wildman–Crippen LogP) is 1.02. The summed E-state index contributed by atoms with van der Waals surface area (Å²) in [7, 11) is 0. The van der Waals surface area contributed by atoms with Crippen molar-refractivity contribution >= 4 is 17.7 Å². The highest BCUT2D eigenvalue weighted by atomic mass is 16.2. The standard InChI is InChI=1S/C22H28N4O3/c27-19-5-4-18(20(28)24-19)26-12-16-3-2-15(10-17(16)21(26)29)11-25-9-7-22(14-25)6-1-8-23-13-22/h2-3,10,18,23H,1,4-9,11-14H2,(H,24,27,28). The van der Waals surface area contributed by atoms with E-state index in [2.05, 4.69) is 21.6 Å². The van der Waals surface area contributed by atoms with Gasteiger partial charge in [0.1, 0.15) is 6.04 Å². The minimum Gasteiger partial charge on any atom is -0.322 e. The van der Waals surface area contributed by atoms with E-state index in [4.69, 9.17) is 0 Å². The Bertz CT molecular complexity index is 862. The molecule has 4 aliphatic heterocycles. The summed E-state index contributed by atoms with van der Waals surface area (Å²) in [6, 6.07) is 5.61. The number of amides is 3. The molecule has 1 aromatic carbocycles. The SMILES string of the molecule is O=C1CCC(N2Cc3ccc(CN4CCC5(CCCNC5)C4)cc3C2=O)C(=O)N1. The van der Waals surface area contributed by atoms with Gasteiger partial charge in [-0.25, -0.2) is 0 Å². The van der Waals surface area contributed by atoms with Crippen LogP contribution in [0.2, 0.25) is 0 Å². The number of likely N-dealkylation sites (tertiary alicyclic amines) is 1. The van der Waals surface area contributed by atoms with Crippen LogP contribution in [0.1, 0.15) is 53.6 Å². The molecule has 7 nitrogen and oxygen atoms in total. The highest BCUT2D eigenvalue weighted by Gasteiger charge is 2.40. The van der Waals surface area contributed by atoms with Gasteiger partial charge in [0.2, 0.25) is 11.8 Å². The molecule has 0 radical (unpaired) electrons. The lowest BCUT2D eigenvalue weighted by molar-refractivity contribution is -0.136. The van der Waals surface area contributed by atoms with Crippen LogP contribution in [0.5, 0.6) is 0 Å².